The molecule has 2 rings (SSSR count). The Hall–Kier alpha value is -1.52. The maximum Gasteiger partial charge on any atom is 0.261 e. The lowest BCUT2D eigenvalue weighted by Gasteiger charge is -2.15. The summed E-state index contributed by atoms with van der Waals surface area (Å²) in [6, 6.07) is 14.7. The fraction of sp³-hybridized carbons (Fsp3) is 0.188. The lowest BCUT2D eigenvalue weighted by Crippen LogP contribution is -2.35. The van der Waals surface area contributed by atoms with Crippen LogP contribution in [0.5, 0.6) is 5.75 Å². The SMILES string of the molecule is C[C@H](Oc1ccc(Br)cc1)C(=O)NCc1cccc(Cl)c1. The summed E-state index contributed by atoms with van der Waals surface area (Å²) in [5.74, 6) is 0.487. The highest BCUT2D eigenvalue weighted by atomic mass is 79.9. The minimum Gasteiger partial charge on any atom is -0.481 e. The normalized spacial score (nSPS) is 11.8. The molecule has 0 saturated heterocycles. The van der Waals surface area contributed by atoms with Gasteiger partial charge < -0.3 is 10.1 Å². The van der Waals surface area contributed by atoms with E-state index in [1.54, 1.807) is 13.0 Å². The van der Waals surface area contributed by atoms with Gasteiger partial charge in [-0.15, -0.1) is 0 Å². The summed E-state index contributed by atoms with van der Waals surface area (Å²) in [5, 5.41) is 3.48. The molecule has 0 aliphatic heterocycles. The third-order valence-electron chi connectivity index (χ3n) is 2.85. The van der Waals surface area contributed by atoms with Crippen molar-refractivity contribution in [2.45, 2.75) is 19.6 Å². The van der Waals surface area contributed by atoms with Crippen LogP contribution in [0.25, 0.3) is 0 Å². The number of halogens is 2. The van der Waals surface area contributed by atoms with Crippen LogP contribution in [-0.2, 0) is 11.3 Å². The number of hydrogen-bond acceptors (Lipinski definition) is 2. The summed E-state index contributed by atoms with van der Waals surface area (Å²) in [6.07, 6.45) is -0.564. The van der Waals surface area contributed by atoms with Gasteiger partial charge in [-0.2, -0.15) is 0 Å². The van der Waals surface area contributed by atoms with E-state index in [0.29, 0.717) is 17.3 Å². The van der Waals surface area contributed by atoms with Crippen LogP contribution in [0.15, 0.2) is 53.0 Å². The lowest BCUT2D eigenvalue weighted by atomic mass is 10.2. The van der Waals surface area contributed by atoms with Crippen molar-refractivity contribution in [3.05, 3.63) is 63.6 Å². The molecular weight excluding hydrogens is 354 g/mol. The van der Waals surface area contributed by atoms with Crippen molar-refractivity contribution in [3.63, 3.8) is 0 Å². The quantitative estimate of drug-likeness (QED) is 0.859. The second-order valence-electron chi connectivity index (χ2n) is 4.56. The average molecular weight is 369 g/mol. The third-order valence-corrected chi connectivity index (χ3v) is 3.62. The topological polar surface area (TPSA) is 38.3 Å². The molecule has 21 heavy (non-hydrogen) atoms. The van der Waals surface area contributed by atoms with Crippen molar-refractivity contribution < 1.29 is 9.53 Å². The fourth-order valence-electron chi connectivity index (χ4n) is 1.75. The van der Waals surface area contributed by atoms with Gasteiger partial charge in [0.05, 0.1) is 0 Å². The van der Waals surface area contributed by atoms with E-state index in [1.165, 1.54) is 0 Å². The molecule has 0 saturated carbocycles. The summed E-state index contributed by atoms with van der Waals surface area (Å²) in [6.45, 7) is 2.14. The first-order valence-electron chi connectivity index (χ1n) is 6.49. The van der Waals surface area contributed by atoms with E-state index in [1.807, 2.05) is 42.5 Å². The van der Waals surface area contributed by atoms with E-state index >= 15 is 0 Å². The van der Waals surface area contributed by atoms with E-state index in [4.69, 9.17) is 16.3 Å². The minimum atomic E-state index is -0.564. The van der Waals surface area contributed by atoms with Crippen molar-refractivity contribution in [3.8, 4) is 5.75 Å². The standard InChI is InChI=1S/C16H15BrClNO2/c1-11(21-15-7-5-13(17)6-8-15)16(20)19-10-12-3-2-4-14(18)9-12/h2-9,11H,10H2,1H3,(H,19,20)/t11-/m0/s1. The van der Waals surface area contributed by atoms with Crippen LogP contribution < -0.4 is 10.1 Å². The molecule has 1 amide bonds. The second kappa shape index (κ2) is 7.48. The molecule has 3 nitrogen and oxygen atoms in total. The number of ether oxygens (including phenoxy) is 1. The van der Waals surface area contributed by atoms with Gasteiger partial charge in [-0.1, -0.05) is 39.7 Å². The van der Waals surface area contributed by atoms with Crippen molar-refractivity contribution in [1.29, 1.82) is 0 Å². The van der Waals surface area contributed by atoms with Crippen molar-refractivity contribution in [2.75, 3.05) is 0 Å². The largest absolute Gasteiger partial charge is 0.481 e. The molecule has 0 aliphatic rings. The van der Waals surface area contributed by atoms with Crippen LogP contribution in [0.4, 0.5) is 0 Å². The lowest BCUT2D eigenvalue weighted by molar-refractivity contribution is -0.127. The van der Waals surface area contributed by atoms with Gasteiger partial charge in [0.25, 0.3) is 5.91 Å². The highest BCUT2D eigenvalue weighted by molar-refractivity contribution is 9.10. The first-order valence-corrected chi connectivity index (χ1v) is 7.66. The second-order valence-corrected chi connectivity index (χ2v) is 5.91. The van der Waals surface area contributed by atoms with Crippen molar-refractivity contribution >= 4 is 33.4 Å². The Morgan fingerprint density at radius 2 is 2.00 bits per heavy atom. The highest BCUT2D eigenvalue weighted by Gasteiger charge is 2.14. The molecule has 110 valence electrons. The Balaban J connectivity index is 1.86. The van der Waals surface area contributed by atoms with Crippen molar-refractivity contribution in [2.24, 2.45) is 0 Å². The van der Waals surface area contributed by atoms with Gasteiger partial charge in [0.15, 0.2) is 6.10 Å². The Labute approximate surface area is 137 Å². The molecule has 0 unspecified atom stereocenters. The number of nitrogens with one attached hydrogen (secondary N) is 1. The molecule has 0 fully saturated rings. The van der Waals surface area contributed by atoms with Crippen LogP contribution in [-0.4, -0.2) is 12.0 Å². The first kappa shape index (κ1) is 15.9. The summed E-state index contributed by atoms with van der Waals surface area (Å²) in [4.78, 5) is 12.0. The average Bonchev–Trinajstić information content (AvgIpc) is 2.47. The van der Waals surface area contributed by atoms with Gasteiger partial charge in [0.2, 0.25) is 0 Å². The van der Waals surface area contributed by atoms with Crippen LogP contribution in [0.1, 0.15) is 12.5 Å². The number of carbonyl (C=O) groups excluding carboxylic acids is 1. The predicted molar refractivity (Wildman–Crippen MR) is 87.5 cm³/mol. The molecule has 0 bridgehead atoms. The number of benzene rings is 2. The Bertz CT molecular complexity index is 616. The Kier molecular flexibility index (Phi) is 5.65. The van der Waals surface area contributed by atoms with E-state index in [2.05, 4.69) is 21.2 Å². The van der Waals surface area contributed by atoms with Gasteiger partial charge in [-0.05, 0) is 48.9 Å². The van der Waals surface area contributed by atoms with Gasteiger partial charge in [-0.25, -0.2) is 0 Å². The zero-order valence-corrected chi connectivity index (χ0v) is 13.8. The predicted octanol–water partition coefficient (Wildman–Crippen LogP) is 4.19. The van der Waals surface area contributed by atoms with Crippen LogP contribution in [0.2, 0.25) is 5.02 Å². The Morgan fingerprint density at radius 1 is 1.29 bits per heavy atom. The number of hydrogen-bond donors (Lipinski definition) is 1. The zero-order chi connectivity index (χ0) is 15.2. The maximum atomic E-state index is 12.0. The molecule has 2 aromatic rings. The number of carbonyl (C=O) groups is 1. The molecule has 1 N–H and O–H groups in total. The molecule has 2 aromatic carbocycles. The molecule has 0 aromatic heterocycles. The fourth-order valence-corrected chi connectivity index (χ4v) is 2.23. The van der Waals surface area contributed by atoms with Gasteiger partial charge in [0.1, 0.15) is 5.75 Å². The number of amides is 1. The Morgan fingerprint density at radius 3 is 2.67 bits per heavy atom. The summed E-state index contributed by atoms with van der Waals surface area (Å²) in [7, 11) is 0. The summed E-state index contributed by atoms with van der Waals surface area (Å²) >= 11 is 9.25. The van der Waals surface area contributed by atoms with E-state index in [-0.39, 0.29) is 5.91 Å². The van der Waals surface area contributed by atoms with Gasteiger partial charge >= 0.3 is 0 Å². The first-order chi connectivity index (χ1) is 10.0. The molecule has 0 aliphatic carbocycles. The molecule has 0 heterocycles. The monoisotopic (exact) mass is 367 g/mol. The summed E-state index contributed by atoms with van der Waals surface area (Å²) in [5.41, 5.74) is 0.951. The smallest absolute Gasteiger partial charge is 0.261 e. The van der Waals surface area contributed by atoms with E-state index < -0.39 is 6.10 Å². The molecule has 5 heteroatoms. The number of rotatable bonds is 5. The molecular formula is C16H15BrClNO2. The van der Waals surface area contributed by atoms with Crippen molar-refractivity contribution in [1.82, 2.24) is 5.32 Å². The van der Waals surface area contributed by atoms with Gasteiger partial charge in [-0.3, -0.25) is 4.79 Å². The minimum absolute atomic E-state index is 0.169. The maximum absolute atomic E-state index is 12.0. The molecule has 0 radical (unpaired) electrons. The van der Waals surface area contributed by atoms with E-state index in [0.717, 1.165) is 10.0 Å². The van der Waals surface area contributed by atoms with Crippen LogP contribution in [0, 0.1) is 0 Å². The highest BCUT2D eigenvalue weighted by Crippen LogP contribution is 2.17. The molecule has 0 spiro atoms. The zero-order valence-electron chi connectivity index (χ0n) is 11.5. The van der Waals surface area contributed by atoms with E-state index in [9.17, 15) is 4.79 Å². The van der Waals surface area contributed by atoms with Crippen LogP contribution in [0.3, 0.4) is 0 Å². The van der Waals surface area contributed by atoms with Gasteiger partial charge in [0, 0.05) is 16.0 Å². The summed E-state index contributed by atoms with van der Waals surface area (Å²) < 4.78 is 6.55. The third kappa shape index (κ3) is 5.06. The van der Waals surface area contributed by atoms with Crippen LogP contribution >= 0.6 is 27.5 Å². The molecule has 1 atom stereocenters.